The van der Waals surface area contributed by atoms with E-state index in [9.17, 15) is 0 Å². The molecule has 27 heavy (non-hydrogen) atoms. The van der Waals surface area contributed by atoms with Crippen LogP contribution in [0, 0.1) is 0 Å². The molecule has 1 rings (SSSR count). The minimum Gasteiger partial charge on any atom is -0.356 e. The molecule has 0 saturated carbocycles. The SMILES string of the molecule is CCCCCCCCCN1C=CN(CCCCCCC)C1CCCCCC. The van der Waals surface area contributed by atoms with Gasteiger partial charge in [0, 0.05) is 25.5 Å². The quantitative estimate of drug-likeness (QED) is 0.209. The van der Waals surface area contributed by atoms with E-state index in [1.807, 2.05) is 0 Å². The van der Waals surface area contributed by atoms with Gasteiger partial charge in [-0.3, -0.25) is 0 Å². The Morgan fingerprint density at radius 2 is 0.852 bits per heavy atom. The predicted molar refractivity (Wildman–Crippen MR) is 122 cm³/mol. The number of unbranched alkanes of at least 4 members (excludes halogenated alkanes) is 13. The lowest BCUT2D eigenvalue weighted by atomic mass is 10.1. The molecule has 2 nitrogen and oxygen atoms in total. The van der Waals surface area contributed by atoms with Crippen LogP contribution >= 0.6 is 0 Å². The van der Waals surface area contributed by atoms with Crippen molar-refractivity contribution in [2.75, 3.05) is 13.1 Å². The van der Waals surface area contributed by atoms with Crippen LogP contribution in [0.3, 0.4) is 0 Å². The maximum Gasteiger partial charge on any atom is 0.101 e. The molecule has 1 aliphatic heterocycles. The van der Waals surface area contributed by atoms with Gasteiger partial charge in [-0.15, -0.1) is 0 Å². The fraction of sp³-hybridized carbons (Fsp3) is 0.920. The predicted octanol–water partition coefficient (Wildman–Crippen LogP) is 8.09. The third kappa shape index (κ3) is 11.7. The first-order valence-electron chi connectivity index (χ1n) is 12.5. The first kappa shape index (κ1) is 24.4. The van der Waals surface area contributed by atoms with Crippen molar-refractivity contribution in [2.45, 2.75) is 136 Å². The normalized spacial score (nSPS) is 16.6. The molecule has 1 heterocycles. The van der Waals surface area contributed by atoms with Gasteiger partial charge in [0.05, 0.1) is 0 Å². The van der Waals surface area contributed by atoms with Crippen LogP contribution in [-0.2, 0) is 0 Å². The highest BCUT2D eigenvalue weighted by atomic mass is 15.4. The van der Waals surface area contributed by atoms with E-state index in [0.29, 0.717) is 6.17 Å². The summed E-state index contributed by atoms with van der Waals surface area (Å²) in [7, 11) is 0. The highest BCUT2D eigenvalue weighted by Gasteiger charge is 2.24. The second-order valence-electron chi connectivity index (χ2n) is 8.64. The summed E-state index contributed by atoms with van der Waals surface area (Å²) in [6.07, 6.45) is 29.1. The summed E-state index contributed by atoms with van der Waals surface area (Å²) in [5.74, 6) is 0. The molecule has 0 aromatic heterocycles. The zero-order valence-corrected chi connectivity index (χ0v) is 19.1. The zero-order chi connectivity index (χ0) is 19.6. The molecular weight excluding hydrogens is 328 g/mol. The molecule has 160 valence electrons. The van der Waals surface area contributed by atoms with Crippen molar-refractivity contribution < 1.29 is 0 Å². The summed E-state index contributed by atoms with van der Waals surface area (Å²) in [5.41, 5.74) is 0. The topological polar surface area (TPSA) is 6.48 Å². The van der Waals surface area contributed by atoms with Gasteiger partial charge in [-0.1, -0.05) is 104 Å². The second kappa shape index (κ2) is 17.4. The van der Waals surface area contributed by atoms with Crippen LogP contribution in [-0.4, -0.2) is 29.1 Å². The Kier molecular flexibility index (Phi) is 15.7. The van der Waals surface area contributed by atoms with Gasteiger partial charge in [-0.2, -0.15) is 0 Å². The highest BCUT2D eigenvalue weighted by molar-refractivity contribution is 4.96. The van der Waals surface area contributed by atoms with Crippen molar-refractivity contribution in [3.8, 4) is 0 Å². The van der Waals surface area contributed by atoms with E-state index in [1.54, 1.807) is 0 Å². The number of rotatable bonds is 19. The van der Waals surface area contributed by atoms with Crippen LogP contribution in [0.2, 0.25) is 0 Å². The molecule has 0 fully saturated rings. The molecule has 0 bridgehead atoms. The van der Waals surface area contributed by atoms with Gasteiger partial charge in [0.1, 0.15) is 6.17 Å². The summed E-state index contributed by atoms with van der Waals surface area (Å²) < 4.78 is 0. The molecular formula is C25H50N2. The maximum atomic E-state index is 2.66. The van der Waals surface area contributed by atoms with Crippen LogP contribution < -0.4 is 0 Å². The average Bonchev–Trinajstić information content (AvgIpc) is 3.06. The summed E-state index contributed by atoms with van der Waals surface area (Å²) in [4.78, 5) is 5.31. The molecule has 0 aliphatic carbocycles. The third-order valence-corrected chi connectivity index (χ3v) is 6.07. The fourth-order valence-corrected chi connectivity index (χ4v) is 4.24. The molecule has 0 N–H and O–H groups in total. The van der Waals surface area contributed by atoms with E-state index in [2.05, 4.69) is 43.0 Å². The van der Waals surface area contributed by atoms with E-state index in [4.69, 9.17) is 0 Å². The van der Waals surface area contributed by atoms with Gasteiger partial charge in [-0.05, 0) is 25.7 Å². The first-order valence-corrected chi connectivity index (χ1v) is 12.5. The van der Waals surface area contributed by atoms with Gasteiger partial charge in [0.2, 0.25) is 0 Å². The summed E-state index contributed by atoms with van der Waals surface area (Å²) in [6, 6.07) is 0. The maximum absolute atomic E-state index is 2.66. The molecule has 2 heteroatoms. The van der Waals surface area contributed by atoms with E-state index in [0.717, 1.165) is 0 Å². The van der Waals surface area contributed by atoms with Crippen molar-refractivity contribution in [1.82, 2.24) is 9.80 Å². The zero-order valence-electron chi connectivity index (χ0n) is 19.1. The molecule has 0 aromatic carbocycles. The van der Waals surface area contributed by atoms with E-state index in [-0.39, 0.29) is 0 Å². The minimum atomic E-state index is 0.646. The lowest BCUT2D eigenvalue weighted by Crippen LogP contribution is -2.39. The van der Waals surface area contributed by atoms with Crippen LogP contribution in [0.1, 0.15) is 130 Å². The smallest absolute Gasteiger partial charge is 0.101 e. The largest absolute Gasteiger partial charge is 0.356 e. The Morgan fingerprint density at radius 3 is 1.30 bits per heavy atom. The van der Waals surface area contributed by atoms with E-state index in [1.165, 1.54) is 122 Å². The van der Waals surface area contributed by atoms with E-state index >= 15 is 0 Å². The highest BCUT2D eigenvalue weighted by Crippen LogP contribution is 2.23. The average molecular weight is 379 g/mol. The molecule has 1 unspecified atom stereocenters. The Hall–Kier alpha value is -0.660. The van der Waals surface area contributed by atoms with Crippen molar-refractivity contribution in [2.24, 2.45) is 0 Å². The van der Waals surface area contributed by atoms with Crippen molar-refractivity contribution >= 4 is 0 Å². The van der Waals surface area contributed by atoms with Gasteiger partial charge >= 0.3 is 0 Å². The van der Waals surface area contributed by atoms with Gasteiger partial charge in [0.25, 0.3) is 0 Å². The van der Waals surface area contributed by atoms with Crippen molar-refractivity contribution in [3.63, 3.8) is 0 Å². The van der Waals surface area contributed by atoms with E-state index < -0.39 is 0 Å². The van der Waals surface area contributed by atoms with Crippen LogP contribution in [0.25, 0.3) is 0 Å². The first-order chi connectivity index (χ1) is 13.3. The Balaban J connectivity index is 2.29. The lowest BCUT2D eigenvalue weighted by molar-refractivity contribution is 0.135. The van der Waals surface area contributed by atoms with Gasteiger partial charge < -0.3 is 9.80 Å². The number of hydrogen-bond acceptors (Lipinski definition) is 2. The fourth-order valence-electron chi connectivity index (χ4n) is 4.24. The van der Waals surface area contributed by atoms with Crippen molar-refractivity contribution in [3.05, 3.63) is 12.4 Å². The van der Waals surface area contributed by atoms with Crippen LogP contribution in [0.4, 0.5) is 0 Å². The Bertz CT molecular complexity index is 339. The number of nitrogens with zero attached hydrogens (tertiary/aromatic N) is 2. The number of hydrogen-bond donors (Lipinski definition) is 0. The van der Waals surface area contributed by atoms with Crippen LogP contribution in [0.15, 0.2) is 12.4 Å². The molecule has 0 amide bonds. The summed E-state index contributed by atoms with van der Waals surface area (Å²) in [6.45, 7) is 9.43. The molecule has 1 atom stereocenters. The van der Waals surface area contributed by atoms with Crippen molar-refractivity contribution in [1.29, 1.82) is 0 Å². The van der Waals surface area contributed by atoms with Gasteiger partial charge in [-0.25, -0.2) is 0 Å². The molecule has 0 aromatic rings. The minimum absolute atomic E-state index is 0.646. The Labute approximate surface area is 171 Å². The molecule has 1 aliphatic rings. The molecule has 0 spiro atoms. The third-order valence-electron chi connectivity index (χ3n) is 6.07. The lowest BCUT2D eigenvalue weighted by Gasteiger charge is -2.33. The van der Waals surface area contributed by atoms with Gasteiger partial charge in [0.15, 0.2) is 0 Å². The molecule has 0 saturated heterocycles. The summed E-state index contributed by atoms with van der Waals surface area (Å²) in [5, 5.41) is 0. The second-order valence-corrected chi connectivity index (χ2v) is 8.64. The Morgan fingerprint density at radius 1 is 0.481 bits per heavy atom. The van der Waals surface area contributed by atoms with Crippen LogP contribution in [0.5, 0.6) is 0 Å². The summed E-state index contributed by atoms with van der Waals surface area (Å²) >= 11 is 0. The molecule has 0 radical (unpaired) electrons. The monoisotopic (exact) mass is 378 g/mol. The standard InChI is InChI=1S/C25H50N2/c1-4-7-10-13-14-16-19-22-27-24-23-26(21-18-15-11-8-5-2)25(27)20-17-12-9-6-3/h23-25H,4-22H2,1-3H3.